The molecule has 48 heavy (non-hydrogen) atoms. The van der Waals surface area contributed by atoms with E-state index in [0.29, 0.717) is 0 Å². The summed E-state index contributed by atoms with van der Waals surface area (Å²) < 4.78 is 31.3. The Kier molecular flexibility index (Phi) is 9.33. The van der Waals surface area contributed by atoms with Crippen LogP contribution in [0.4, 0.5) is 8.78 Å². The molecule has 0 spiro atoms. The Balaban J connectivity index is 1.86. The molecule has 26 heteroatoms. The smallest absolute Gasteiger partial charge is 0.347 e. The highest BCUT2D eigenvalue weighted by atomic mass is 35.5. The molecule has 1 fully saturated rings. The van der Waals surface area contributed by atoms with Crippen molar-refractivity contribution in [2.75, 3.05) is 0 Å². The average Bonchev–Trinajstić information content (AvgIpc) is 3.21. The average molecular weight is 619 g/mol. The van der Waals surface area contributed by atoms with Crippen molar-refractivity contribution in [3.8, 4) is 0 Å². The number of hydrogen-bond donors (Lipinski definition) is 0. The van der Waals surface area contributed by atoms with Gasteiger partial charge in [0.15, 0.2) is 0 Å². The maximum atomic E-state index is 15.6. The third-order valence-electron chi connectivity index (χ3n) is 8.47. The van der Waals surface area contributed by atoms with Crippen molar-refractivity contribution in [1.29, 1.82) is 0 Å². The third-order valence-corrected chi connectivity index (χ3v) is 8.87. The molecule has 2 heterocycles. The number of carbonyl (C=O) groups is 4. The summed E-state index contributed by atoms with van der Waals surface area (Å²) in [6.45, 7) is -1.07. The highest BCUT2D eigenvalue weighted by molar-refractivity contribution is 6.69. The molecule has 0 aromatic heterocycles. The van der Waals surface area contributed by atoms with Crippen LogP contribution in [-0.2, 0) is 32.2 Å². The van der Waals surface area contributed by atoms with Gasteiger partial charge in [-0.15, -0.1) is 0 Å². The molecule has 1 unspecified atom stereocenters. The van der Waals surface area contributed by atoms with E-state index in [-0.39, 0.29) is 14.5 Å². The van der Waals surface area contributed by atoms with Crippen LogP contribution in [0.1, 0.15) is 27.0 Å². The Morgan fingerprint density at radius 3 is 1.73 bits per heavy atom. The zero-order valence-corrected chi connectivity index (χ0v) is 25.3. The van der Waals surface area contributed by atoms with Crippen molar-refractivity contribution in [2.24, 2.45) is 0 Å². The minimum absolute atomic E-state index is 0.0635. The van der Waals surface area contributed by atoms with E-state index in [1.807, 2.05) is 0 Å². The van der Waals surface area contributed by atoms with Crippen LogP contribution in [-0.4, -0.2) is 169 Å². The van der Waals surface area contributed by atoms with E-state index in [1.54, 1.807) is 0 Å². The summed E-state index contributed by atoms with van der Waals surface area (Å²) >= 11 is 5.87. The molecule has 2 aliphatic heterocycles. The maximum absolute atomic E-state index is 15.6. The van der Waals surface area contributed by atoms with Crippen molar-refractivity contribution in [2.45, 2.75) is 33.7 Å². The van der Waals surface area contributed by atoms with Gasteiger partial charge in [0.1, 0.15) is 62.8 Å². The highest BCUT2D eigenvalue weighted by Gasteiger charge is 2.67. The quantitative estimate of drug-likeness (QED) is 0.247. The van der Waals surface area contributed by atoms with Crippen molar-refractivity contribution in [3.63, 3.8) is 0 Å². The largest absolute Gasteiger partial charge is 0.387 e. The van der Waals surface area contributed by atoms with E-state index in [4.69, 9.17) is 137 Å². The Hall–Kier alpha value is -2.29. The lowest BCUT2D eigenvalue weighted by atomic mass is 9.20. The second-order valence-electron chi connectivity index (χ2n) is 11.3. The van der Waals surface area contributed by atoms with Gasteiger partial charge in [0.2, 0.25) is 27.8 Å². The lowest BCUT2D eigenvalue weighted by Gasteiger charge is -2.65. The summed E-state index contributed by atoms with van der Waals surface area (Å²) in [7, 11) is 95.3. The van der Waals surface area contributed by atoms with Crippen molar-refractivity contribution >= 4 is 199 Å². The Bertz CT molecular complexity index is 1830. The molecule has 4 amide bonds. The van der Waals surface area contributed by atoms with Crippen LogP contribution in [0.3, 0.4) is 0 Å². The fraction of sp³-hybridized carbons (Fsp3) is 0.273. The molecule has 1 atom stereocenters. The standard InChI is InChI=1S/C22H2B16ClF2N3O4/c23-6-2(1-42(37)15(46)18(40,41)5-9(26)11(28)13(39)12(29)10(5)27)7(24)8(25)3-4(6)21(33,34)44(14(3)45)20(32)17(48)43(38)16(47)19(30,31)22(20,35)36/h1H2. The third kappa shape index (κ3) is 4.74. The number of rotatable bonds is 5. The SMILES string of the molecule is [B]c1c([B])c(C(F)(F)C(=O)N([B])Cc2c([B])c([B])c3c(c2[B])C([B])([B])N(C2([B])C(=O)N([B])C(=O)C([B])([B])C2([B])[B])C3=O)c([B])c([B])c1Cl. The van der Waals surface area contributed by atoms with Gasteiger partial charge in [0.05, 0.1) is 52.5 Å². The molecule has 198 valence electrons. The van der Waals surface area contributed by atoms with Crippen molar-refractivity contribution < 1.29 is 28.0 Å². The number of amides is 4. The van der Waals surface area contributed by atoms with E-state index in [1.165, 1.54) is 0 Å². The topological polar surface area (TPSA) is 78.0 Å². The molecular formula is C22H2B16ClF2N3O4. The van der Waals surface area contributed by atoms with E-state index in [2.05, 4.69) is 0 Å². The highest BCUT2D eigenvalue weighted by Crippen LogP contribution is 2.58. The maximum Gasteiger partial charge on any atom is 0.347 e. The van der Waals surface area contributed by atoms with Gasteiger partial charge in [0, 0.05) is 22.7 Å². The number of hydrogen-bond acceptors (Lipinski definition) is 4. The van der Waals surface area contributed by atoms with Crippen molar-refractivity contribution in [1.82, 2.24) is 14.5 Å². The Labute approximate surface area is 301 Å². The van der Waals surface area contributed by atoms with Crippen LogP contribution < -0.4 is 38.2 Å². The fourth-order valence-corrected chi connectivity index (χ4v) is 5.81. The predicted molar refractivity (Wildman–Crippen MR) is 190 cm³/mol. The molecule has 0 aliphatic carbocycles. The fourth-order valence-electron chi connectivity index (χ4n) is 5.60. The van der Waals surface area contributed by atoms with Gasteiger partial charge < -0.3 is 14.5 Å². The molecule has 2 aromatic rings. The van der Waals surface area contributed by atoms with E-state index < -0.39 is 123 Å². The number of piperidine rings is 1. The normalized spacial score (nSPS) is 21.3. The number of imide groups is 1. The summed E-state index contributed by atoms with van der Waals surface area (Å²) in [5, 5.41) is -9.29. The Morgan fingerprint density at radius 2 is 1.25 bits per heavy atom. The molecule has 0 saturated carbocycles. The molecule has 4 rings (SSSR count). The summed E-state index contributed by atoms with van der Waals surface area (Å²) in [5.74, 6) is -11.3. The van der Waals surface area contributed by atoms with Gasteiger partial charge in [-0.2, -0.15) is 8.78 Å². The lowest BCUT2D eigenvalue weighted by molar-refractivity contribution is -0.154. The Morgan fingerprint density at radius 1 is 0.771 bits per heavy atom. The number of carbonyl (C=O) groups excluding carboxylic acids is 4. The molecular weight excluding hydrogens is 617 g/mol. The van der Waals surface area contributed by atoms with Gasteiger partial charge in [-0.25, -0.2) is 0 Å². The number of nitrogens with zero attached hydrogens (tertiary/aromatic N) is 3. The second kappa shape index (κ2) is 11.6. The summed E-state index contributed by atoms with van der Waals surface area (Å²) in [6, 6.07) is 0. The van der Waals surface area contributed by atoms with Gasteiger partial charge >= 0.3 is 5.92 Å². The minimum atomic E-state index is -4.60. The molecule has 1 saturated heterocycles. The number of alkyl halides is 2. The number of benzene rings is 2. The molecule has 32 radical (unpaired) electrons. The van der Waals surface area contributed by atoms with Crippen molar-refractivity contribution in [3.05, 3.63) is 27.3 Å². The van der Waals surface area contributed by atoms with Crippen LogP contribution >= 0.6 is 11.6 Å². The minimum Gasteiger partial charge on any atom is -0.387 e. The first kappa shape index (κ1) is 38.5. The molecule has 2 aromatic carbocycles. The van der Waals surface area contributed by atoms with Gasteiger partial charge in [-0.1, -0.05) is 55.1 Å². The zero-order valence-electron chi connectivity index (χ0n) is 24.6. The van der Waals surface area contributed by atoms with Crippen LogP contribution in [0.5, 0.6) is 0 Å². The molecule has 2 aliphatic rings. The van der Waals surface area contributed by atoms with E-state index in [0.717, 1.165) is 0 Å². The molecule has 7 nitrogen and oxygen atoms in total. The first-order valence-electron chi connectivity index (χ1n) is 13.0. The first-order valence-corrected chi connectivity index (χ1v) is 13.3. The summed E-state index contributed by atoms with van der Waals surface area (Å²) in [4.78, 5) is 52.9. The number of fused-ring (bicyclic) bond motifs is 1. The molecule has 0 N–H and O–H groups in total. The van der Waals surface area contributed by atoms with Gasteiger partial charge in [0.25, 0.3) is 11.8 Å². The number of halogens is 3. The zero-order chi connectivity index (χ0) is 37.2. The van der Waals surface area contributed by atoms with E-state index >= 15 is 8.78 Å². The van der Waals surface area contributed by atoms with Crippen LogP contribution in [0.15, 0.2) is 0 Å². The van der Waals surface area contributed by atoms with Crippen LogP contribution in [0.25, 0.3) is 0 Å². The summed E-state index contributed by atoms with van der Waals surface area (Å²) in [6.07, 6.45) is 0. The van der Waals surface area contributed by atoms with E-state index in [9.17, 15) is 19.2 Å². The van der Waals surface area contributed by atoms with Gasteiger partial charge in [-0.05, 0) is 21.7 Å². The van der Waals surface area contributed by atoms with Crippen LogP contribution in [0.2, 0.25) is 15.5 Å². The van der Waals surface area contributed by atoms with Gasteiger partial charge in [-0.3, -0.25) is 19.2 Å². The lowest BCUT2D eigenvalue weighted by Crippen LogP contribution is -2.78. The predicted octanol–water partition coefficient (Wildman–Crippen LogP) is -9.77. The van der Waals surface area contributed by atoms with Crippen LogP contribution in [0, 0.1) is 0 Å². The molecule has 0 bridgehead atoms. The monoisotopic (exact) mass is 621 g/mol. The first-order chi connectivity index (χ1) is 21.6. The second-order valence-corrected chi connectivity index (χ2v) is 11.6. The summed E-state index contributed by atoms with van der Waals surface area (Å²) in [5.41, 5.74) is -11.2.